The van der Waals surface area contributed by atoms with Crippen LogP contribution >= 0.6 is 11.6 Å². The second-order valence-corrected chi connectivity index (χ2v) is 5.89. The van der Waals surface area contributed by atoms with Crippen molar-refractivity contribution in [3.63, 3.8) is 0 Å². The number of hydrogen-bond donors (Lipinski definition) is 0. The Kier molecular flexibility index (Phi) is 3.12. The van der Waals surface area contributed by atoms with Gasteiger partial charge in [-0.25, -0.2) is 14.4 Å². The third-order valence-corrected chi connectivity index (χ3v) is 4.31. The molecule has 0 N–H and O–H groups in total. The van der Waals surface area contributed by atoms with Crippen LogP contribution in [0.1, 0.15) is 0 Å². The first-order valence-electron chi connectivity index (χ1n) is 7.05. The summed E-state index contributed by atoms with van der Waals surface area (Å²) in [7, 11) is 2.09. The van der Waals surface area contributed by atoms with Crippen LogP contribution in [0, 0.1) is 5.82 Å². The monoisotopic (exact) mass is 320 g/mol. The summed E-state index contributed by atoms with van der Waals surface area (Å²) < 4.78 is 15.5. The van der Waals surface area contributed by atoms with Crippen LogP contribution in [0.15, 0.2) is 18.5 Å². The van der Waals surface area contributed by atoms with Crippen molar-refractivity contribution in [1.82, 2.24) is 24.5 Å². The molecule has 0 radical (unpaired) electrons. The molecule has 0 aliphatic carbocycles. The molecular formula is C14H14ClFN6. The molecule has 3 heterocycles. The Labute approximate surface area is 131 Å². The van der Waals surface area contributed by atoms with Gasteiger partial charge in [0.05, 0.1) is 10.5 Å². The fraction of sp³-hybridized carbons (Fsp3) is 0.357. The number of rotatable bonds is 1. The number of fused-ring (bicyclic) bond motifs is 3. The van der Waals surface area contributed by atoms with Gasteiger partial charge in [-0.15, -0.1) is 0 Å². The minimum Gasteiger partial charge on any atom is -0.338 e. The lowest BCUT2D eigenvalue weighted by Gasteiger charge is -2.33. The van der Waals surface area contributed by atoms with E-state index in [0.717, 1.165) is 26.2 Å². The summed E-state index contributed by atoms with van der Waals surface area (Å²) in [6.45, 7) is 3.59. The highest BCUT2D eigenvalue weighted by molar-refractivity contribution is 6.31. The van der Waals surface area contributed by atoms with Gasteiger partial charge in [0.1, 0.15) is 12.1 Å². The second kappa shape index (κ2) is 5.03. The molecule has 0 bridgehead atoms. The molecule has 0 spiro atoms. The van der Waals surface area contributed by atoms with Crippen molar-refractivity contribution in [3.05, 3.63) is 29.3 Å². The fourth-order valence-corrected chi connectivity index (χ4v) is 2.91. The molecule has 0 saturated carbocycles. The van der Waals surface area contributed by atoms with E-state index in [1.165, 1.54) is 12.4 Å². The molecule has 4 rings (SSSR count). The zero-order chi connectivity index (χ0) is 15.3. The molecule has 0 atom stereocenters. The molecule has 1 saturated heterocycles. The topological polar surface area (TPSA) is 49.6 Å². The normalized spacial score (nSPS) is 16.8. The van der Waals surface area contributed by atoms with Gasteiger partial charge >= 0.3 is 0 Å². The Bertz CT molecular complexity index is 855. The van der Waals surface area contributed by atoms with Crippen LogP contribution in [0.2, 0.25) is 5.02 Å². The number of piperazine rings is 1. The molecule has 3 aromatic rings. The van der Waals surface area contributed by atoms with E-state index in [-0.39, 0.29) is 5.02 Å². The number of aromatic nitrogens is 4. The molecule has 6 nitrogen and oxygen atoms in total. The number of hydrogen-bond acceptors (Lipinski definition) is 5. The molecule has 1 aliphatic heterocycles. The Hall–Kier alpha value is -1.99. The highest BCUT2D eigenvalue weighted by Gasteiger charge is 2.20. The van der Waals surface area contributed by atoms with Gasteiger partial charge in [-0.05, 0) is 13.1 Å². The lowest BCUT2D eigenvalue weighted by molar-refractivity contribution is 0.310. The van der Waals surface area contributed by atoms with E-state index < -0.39 is 5.82 Å². The highest BCUT2D eigenvalue weighted by atomic mass is 35.5. The third kappa shape index (κ3) is 2.08. The zero-order valence-corrected chi connectivity index (χ0v) is 12.8. The van der Waals surface area contributed by atoms with E-state index in [1.807, 2.05) is 0 Å². The number of benzene rings is 1. The Balaban J connectivity index is 1.93. The number of halogens is 2. The maximum absolute atomic E-state index is 13.8. The average molecular weight is 321 g/mol. The largest absolute Gasteiger partial charge is 0.338 e. The van der Waals surface area contributed by atoms with Gasteiger partial charge in [-0.3, -0.25) is 0 Å². The Morgan fingerprint density at radius 2 is 1.95 bits per heavy atom. The van der Waals surface area contributed by atoms with E-state index in [1.54, 1.807) is 10.6 Å². The number of likely N-dealkylation sites (N-methyl/N-ethyl adjacent to an activating group) is 1. The molecule has 0 amide bonds. The maximum Gasteiger partial charge on any atom is 0.229 e. The van der Waals surface area contributed by atoms with Crippen molar-refractivity contribution in [2.45, 2.75) is 0 Å². The van der Waals surface area contributed by atoms with Crippen molar-refractivity contribution in [1.29, 1.82) is 0 Å². The average Bonchev–Trinajstić information content (AvgIpc) is 2.99. The predicted octanol–water partition coefficient (Wildman–Crippen LogP) is 1.82. The Morgan fingerprint density at radius 3 is 2.73 bits per heavy atom. The van der Waals surface area contributed by atoms with Gasteiger partial charge in [0.2, 0.25) is 5.95 Å². The van der Waals surface area contributed by atoms with Crippen LogP contribution in [0.25, 0.3) is 16.6 Å². The van der Waals surface area contributed by atoms with Gasteiger partial charge in [0.25, 0.3) is 0 Å². The van der Waals surface area contributed by atoms with Crippen LogP contribution < -0.4 is 4.90 Å². The van der Waals surface area contributed by atoms with Crippen molar-refractivity contribution in [2.75, 3.05) is 38.1 Å². The summed E-state index contributed by atoms with van der Waals surface area (Å²) >= 11 is 5.88. The summed E-state index contributed by atoms with van der Waals surface area (Å²) in [5.41, 5.74) is 1.18. The zero-order valence-electron chi connectivity index (χ0n) is 12.0. The molecule has 114 valence electrons. The standard InChI is InChI=1S/C14H14ClFN6/c1-20-2-4-21(5-3-20)14-19-12-7-11(16)10(15)6-9(12)13-17-8-18-22(13)14/h6-8H,2-5H2,1H3. The SMILES string of the molecule is CN1CCN(c2nc3cc(F)c(Cl)cc3c3ncnn23)CC1. The Morgan fingerprint density at radius 1 is 1.18 bits per heavy atom. The quantitative estimate of drug-likeness (QED) is 0.684. The summed E-state index contributed by atoms with van der Waals surface area (Å²) in [4.78, 5) is 13.3. The fourth-order valence-electron chi connectivity index (χ4n) is 2.75. The van der Waals surface area contributed by atoms with Crippen molar-refractivity contribution in [3.8, 4) is 0 Å². The van der Waals surface area contributed by atoms with Gasteiger partial charge in [-0.1, -0.05) is 11.6 Å². The molecule has 2 aromatic heterocycles. The first kappa shape index (κ1) is 13.7. The van der Waals surface area contributed by atoms with Crippen molar-refractivity contribution < 1.29 is 4.39 Å². The molecule has 8 heteroatoms. The second-order valence-electron chi connectivity index (χ2n) is 5.48. The number of nitrogens with zero attached hydrogens (tertiary/aromatic N) is 6. The highest BCUT2D eigenvalue weighted by Crippen LogP contribution is 2.27. The van der Waals surface area contributed by atoms with Crippen molar-refractivity contribution in [2.24, 2.45) is 0 Å². The van der Waals surface area contributed by atoms with Crippen LogP contribution in [-0.4, -0.2) is 57.7 Å². The van der Waals surface area contributed by atoms with Crippen molar-refractivity contribution >= 4 is 34.1 Å². The first-order valence-corrected chi connectivity index (χ1v) is 7.43. The van der Waals surface area contributed by atoms with Crippen LogP contribution in [0.4, 0.5) is 10.3 Å². The van der Waals surface area contributed by atoms with Gasteiger partial charge in [-0.2, -0.15) is 9.61 Å². The lowest BCUT2D eigenvalue weighted by atomic mass is 10.2. The van der Waals surface area contributed by atoms with E-state index in [4.69, 9.17) is 11.6 Å². The third-order valence-electron chi connectivity index (χ3n) is 4.02. The summed E-state index contributed by atoms with van der Waals surface area (Å²) in [5, 5.41) is 5.02. The summed E-state index contributed by atoms with van der Waals surface area (Å²) in [6, 6.07) is 2.91. The molecule has 1 fully saturated rings. The van der Waals surface area contributed by atoms with Gasteiger partial charge < -0.3 is 9.80 Å². The van der Waals surface area contributed by atoms with E-state index in [9.17, 15) is 4.39 Å². The van der Waals surface area contributed by atoms with Crippen LogP contribution in [-0.2, 0) is 0 Å². The smallest absolute Gasteiger partial charge is 0.229 e. The minimum absolute atomic E-state index is 0.0616. The summed E-state index contributed by atoms with van der Waals surface area (Å²) in [5.74, 6) is 0.213. The van der Waals surface area contributed by atoms with Gasteiger partial charge in [0, 0.05) is 37.6 Å². The maximum atomic E-state index is 13.8. The summed E-state index contributed by atoms with van der Waals surface area (Å²) in [6.07, 6.45) is 1.48. The molecule has 1 aromatic carbocycles. The molecular weight excluding hydrogens is 307 g/mol. The van der Waals surface area contributed by atoms with E-state index >= 15 is 0 Å². The van der Waals surface area contributed by atoms with E-state index in [2.05, 4.69) is 31.9 Å². The molecule has 0 unspecified atom stereocenters. The number of anilines is 1. The van der Waals surface area contributed by atoms with Crippen LogP contribution in [0.5, 0.6) is 0 Å². The van der Waals surface area contributed by atoms with Crippen LogP contribution in [0.3, 0.4) is 0 Å². The molecule has 1 aliphatic rings. The molecule has 22 heavy (non-hydrogen) atoms. The van der Waals surface area contributed by atoms with E-state index in [0.29, 0.717) is 22.5 Å². The first-order chi connectivity index (χ1) is 10.6. The lowest BCUT2D eigenvalue weighted by Crippen LogP contribution is -2.45. The predicted molar refractivity (Wildman–Crippen MR) is 83.0 cm³/mol. The van der Waals surface area contributed by atoms with Gasteiger partial charge in [0.15, 0.2) is 5.65 Å². The minimum atomic E-state index is -0.477.